The lowest BCUT2D eigenvalue weighted by molar-refractivity contribution is 0.181. The number of pyridine rings is 1. The van der Waals surface area contributed by atoms with Gasteiger partial charge in [0.2, 0.25) is 0 Å². The van der Waals surface area contributed by atoms with Gasteiger partial charge in [0.1, 0.15) is 11.3 Å². The first-order valence-electron chi connectivity index (χ1n) is 11.0. The number of hydrogen-bond donors (Lipinski definition) is 0. The van der Waals surface area contributed by atoms with E-state index < -0.39 is 0 Å². The predicted octanol–water partition coefficient (Wildman–Crippen LogP) is 4.39. The molecule has 0 bridgehead atoms. The van der Waals surface area contributed by atoms with Crippen molar-refractivity contribution in [2.75, 3.05) is 7.11 Å². The molecule has 1 aromatic carbocycles. The molecule has 0 amide bonds. The Kier molecular flexibility index (Phi) is 5.25. The Morgan fingerprint density at radius 1 is 1.12 bits per heavy atom. The zero-order valence-corrected chi connectivity index (χ0v) is 18.5. The van der Waals surface area contributed by atoms with Crippen LogP contribution in [0.4, 0.5) is 4.39 Å². The van der Waals surface area contributed by atoms with Crippen molar-refractivity contribution >= 4 is 16.7 Å². The molecule has 166 valence electrons. The topological polar surface area (TPSA) is 74.3 Å². The van der Waals surface area contributed by atoms with Crippen molar-refractivity contribution in [3.63, 3.8) is 0 Å². The number of ether oxygens (including phenoxy) is 1. The molecule has 0 N–H and O–H groups in total. The molecule has 1 saturated carbocycles. The van der Waals surface area contributed by atoms with E-state index in [1.165, 1.54) is 18.6 Å². The van der Waals surface area contributed by atoms with Gasteiger partial charge >= 0.3 is 0 Å². The minimum absolute atomic E-state index is 0.144. The summed E-state index contributed by atoms with van der Waals surface area (Å²) >= 11 is 0. The maximum atomic E-state index is 13.5. The van der Waals surface area contributed by atoms with Crippen LogP contribution in [-0.2, 0) is 11.3 Å². The minimum Gasteiger partial charge on any atom is -0.378 e. The number of fused-ring (bicyclic) bond motifs is 3. The molecule has 3 heterocycles. The summed E-state index contributed by atoms with van der Waals surface area (Å²) in [5.41, 5.74) is 3.39. The molecule has 3 atom stereocenters. The normalized spacial score (nSPS) is 21.4. The zero-order chi connectivity index (χ0) is 22.4. The number of benzene rings is 1. The van der Waals surface area contributed by atoms with Crippen LogP contribution in [0.1, 0.15) is 44.8 Å². The van der Waals surface area contributed by atoms with Crippen LogP contribution in [0.5, 0.6) is 0 Å². The fraction of sp³-hybridized carbons (Fsp3) is 0.417. The van der Waals surface area contributed by atoms with Crippen LogP contribution >= 0.6 is 0 Å². The number of rotatable bonds is 4. The molecule has 1 fully saturated rings. The minimum atomic E-state index is -0.318. The van der Waals surface area contributed by atoms with Gasteiger partial charge in [-0.15, -0.1) is 10.2 Å². The molecular weight excluding hydrogens is 409 g/mol. The predicted molar refractivity (Wildman–Crippen MR) is 120 cm³/mol. The van der Waals surface area contributed by atoms with Crippen LogP contribution in [0.3, 0.4) is 0 Å². The fourth-order valence-electron chi connectivity index (χ4n) is 4.96. The van der Waals surface area contributed by atoms with Gasteiger partial charge in [-0.2, -0.15) is 5.10 Å². The number of halogens is 1. The molecule has 0 aliphatic heterocycles. The highest BCUT2D eigenvalue weighted by molar-refractivity contribution is 5.84. The van der Waals surface area contributed by atoms with Crippen molar-refractivity contribution in [2.24, 2.45) is 11.8 Å². The van der Waals surface area contributed by atoms with Crippen molar-refractivity contribution in [3.05, 3.63) is 58.4 Å². The lowest BCUT2D eigenvalue weighted by Gasteiger charge is -2.35. The molecule has 0 unspecified atom stereocenters. The van der Waals surface area contributed by atoms with Gasteiger partial charge in [0.05, 0.1) is 17.9 Å². The molecule has 3 aromatic heterocycles. The van der Waals surface area contributed by atoms with E-state index in [-0.39, 0.29) is 24.0 Å². The first-order chi connectivity index (χ1) is 15.5. The second kappa shape index (κ2) is 8.09. The third-order valence-corrected chi connectivity index (χ3v) is 6.91. The molecule has 0 saturated heterocycles. The highest BCUT2D eigenvalue weighted by Crippen LogP contribution is 2.37. The quantitative estimate of drug-likeness (QED) is 0.475. The van der Waals surface area contributed by atoms with E-state index >= 15 is 0 Å². The summed E-state index contributed by atoms with van der Waals surface area (Å²) in [5, 5.41) is 13.4. The maximum Gasteiger partial charge on any atom is 0.280 e. The van der Waals surface area contributed by atoms with E-state index in [1.807, 2.05) is 16.8 Å². The maximum absolute atomic E-state index is 13.5. The SMILES string of the molecule is COCc1nn2c(nnc3c(=O)n([C@@H]4CCC[C@@H](C)[C@@H]4C)ccc32)c1-c1ccc(F)cc1. The second-order valence-corrected chi connectivity index (χ2v) is 8.79. The molecule has 0 radical (unpaired) electrons. The lowest BCUT2D eigenvalue weighted by Crippen LogP contribution is -2.34. The van der Waals surface area contributed by atoms with Crippen molar-refractivity contribution in [1.82, 2.24) is 24.4 Å². The Labute approximate surface area is 184 Å². The standard InChI is InChI=1S/C24H26FN5O2/c1-14-5-4-6-19(15(14)2)29-12-11-20-22(24(29)31)26-27-23-21(16-7-9-17(25)10-8-16)18(13-32-3)28-30(20)23/h7-12,14-15,19H,4-6,13H2,1-3H3/t14-,15+,19-/m1/s1. The first-order valence-corrected chi connectivity index (χ1v) is 11.0. The average Bonchev–Trinajstić information content (AvgIpc) is 3.15. The van der Waals surface area contributed by atoms with Crippen LogP contribution in [-0.4, -0.2) is 31.5 Å². The summed E-state index contributed by atoms with van der Waals surface area (Å²) in [7, 11) is 1.59. The highest BCUT2D eigenvalue weighted by atomic mass is 19.1. The van der Waals surface area contributed by atoms with Crippen molar-refractivity contribution in [2.45, 2.75) is 45.8 Å². The fourth-order valence-corrected chi connectivity index (χ4v) is 4.96. The summed E-state index contributed by atoms with van der Waals surface area (Å²) < 4.78 is 22.3. The van der Waals surface area contributed by atoms with Crippen molar-refractivity contribution in [3.8, 4) is 11.1 Å². The smallest absolute Gasteiger partial charge is 0.280 e. The van der Waals surface area contributed by atoms with Gasteiger partial charge in [-0.05, 0) is 42.0 Å². The summed E-state index contributed by atoms with van der Waals surface area (Å²) in [6, 6.07) is 8.21. The molecule has 32 heavy (non-hydrogen) atoms. The third-order valence-electron chi connectivity index (χ3n) is 6.91. The molecule has 1 aliphatic rings. The van der Waals surface area contributed by atoms with E-state index in [0.717, 1.165) is 24.0 Å². The van der Waals surface area contributed by atoms with Crippen molar-refractivity contribution in [1.29, 1.82) is 0 Å². The van der Waals surface area contributed by atoms with Gasteiger partial charge in [0, 0.05) is 19.3 Å². The van der Waals surface area contributed by atoms with Gasteiger partial charge in [0.25, 0.3) is 5.56 Å². The van der Waals surface area contributed by atoms with E-state index in [1.54, 1.807) is 23.8 Å². The molecular formula is C24H26FN5O2. The first kappa shape index (κ1) is 20.8. The van der Waals surface area contributed by atoms with Gasteiger partial charge in [-0.1, -0.05) is 38.8 Å². The summed E-state index contributed by atoms with van der Waals surface area (Å²) in [4.78, 5) is 13.4. The molecule has 5 rings (SSSR count). The van der Waals surface area contributed by atoms with Gasteiger partial charge in [-0.25, -0.2) is 8.91 Å². The van der Waals surface area contributed by atoms with Gasteiger partial charge in [0.15, 0.2) is 11.2 Å². The second-order valence-electron chi connectivity index (χ2n) is 8.79. The monoisotopic (exact) mass is 435 g/mol. The van der Waals surface area contributed by atoms with Crippen LogP contribution in [0.15, 0.2) is 41.3 Å². The molecule has 1 aliphatic carbocycles. The van der Waals surface area contributed by atoms with Crippen LogP contribution in [0, 0.1) is 17.7 Å². The Morgan fingerprint density at radius 2 is 1.91 bits per heavy atom. The molecule has 8 heteroatoms. The van der Waals surface area contributed by atoms with E-state index in [4.69, 9.17) is 4.74 Å². The van der Waals surface area contributed by atoms with E-state index in [9.17, 15) is 9.18 Å². The summed E-state index contributed by atoms with van der Waals surface area (Å²) in [6.45, 7) is 4.73. The number of methoxy groups -OCH3 is 1. The largest absolute Gasteiger partial charge is 0.378 e. The van der Waals surface area contributed by atoms with Crippen LogP contribution in [0.2, 0.25) is 0 Å². The molecule has 4 aromatic rings. The third kappa shape index (κ3) is 3.30. The zero-order valence-electron chi connectivity index (χ0n) is 18.5. The molecule has 7 nitrogen and oxygen atoms in total. The lowest BCUT2D eigenvalue weighted by atomic mass is 9.78. The van der Waals surface area contributed by atoms with Crippen molar-refractivity contribution < 1.29 is 9.13 Å². The number of aromatic nitrogens is 5. The van der Waals surface area contributed by atoms with Crippen LogP contribution in [0.25, 0.3) is 27.8 Å². The Balaban J connectivity index is 1.70. The van der Waals surface area contributed by atoms with Crippen LogP contribution < -0.4 is 5.56 Å². The summed E-state index contributed by atoms with van der Waals surface area (Å²) in [6.07, 6.45) is 5.16. The highest BCUT2D eigenvalue weighted by Gasteiger charge is 2.29. The van der Waals surface area contributed by atoms with Gasteiger partial charge in [-0.3, -0.25) is 4.79 Å². The van der Waals surface area contributed by atoms with E-state index in [2.05, 4.69) is 29.1 Å². The van der Waals surface area contributed by atoms with E-state index in [0.29, 0.717) is 34.2 Å². The average molecular weight is 436 g/mol. The van der Waals surface area contributed by atoms with Gasteiger partial charge < -0.3 is 9.30 Å². The molecule has 0 spiro atoms. The summed E-state index contributed by atoms with van der Waals surface area (Å²) in [5.74, 6) is 0.673. The number of hydrogen-bond acceptors (Lipinski definition) is 5. The Morgan fingerprint density at radius 3 is 2.66 bits per heavy atom. The Hall–Kier alpha value is -3.13. The Bertz CT molecular complexity index is 1340. The number of nitrogens with zero attached hydrogens (tertiary/aromatic N) is 5.